The van der Waals surface area contributed by atoms with Crippen LogP contribution in [0.1, 0.15) is 19.3 Å². The van der Waals surface area contributed by atoms with Crippen molar-refractivity contribution in [1.29, 1.82) is 0 Å². The molecule has 4 nitrogen and oxygen atoms in total. The molecule has 0 aromatic rings. The monoisotopic (exact) mass is 274 g/mol. The summed E-state index contributed by atoms with van der Waals surface area (Å²) in [6.07, 6.45) is 5.55. The minimum absolute atomic E-state index is 0. The molecule has 0 aliphatic heterocycles. The quantitative estimate of drug-likeness (QED) is 0.305. The van der Waals surface area contributed by atoms with E-state index in [-0.39, 0.29) is 23.9 Å². The number of isocyanates is 2. The van der Waals surface area contributed by atoms with Gasteiger partial charge >= 0.3 is 0 Å². The zero-order chi connectivity index (χ0) is 8.36. The number of hydrogen-bond donors (Lipinski definition) is 0. The summed E-state index contributed by atoms with van der Waals surface area (Å²) in [7, 11) is 0. The van der Waals surface area contributed by atoms with Gasteiger partial charge in [-0.25, -0.2) is 19.6 Å². The molecule has 0 saturated carbocycles. The molecular weight excluding hydrogens is 263 g/mol. The zero-order valence-corrected chi connectivity index (χ0v) is 9.60. The minimum Gasteiger partial charge on any atom is -0.211 e. The molecule has 0 fully saturated rings. The third kappa shape index (κ3) is 12.3. The van der Waals surface area contributed by atoms with Crippen LogP contribution in [0.2, 0.25) is 0 Å². The van der Waals surface area contributed by atoms with Crippen LogP contribution in [-0.4, -0.2) is 49.2 Å². The number of rotatable bonds is 6. The van der Waals surface area contributed by atoms with E-state index in [0.29, 0.717) is 13.1 Å². The fraction of sp³-hybridized carbons (Fsp3) is 0.714. The Bertz CT molecular complexity index is 164. The Balaban J connectivity index is 0. The van der Waals surface area contributed by atoms with Crippen LogP contribution in [0.3, 0.4) is 0 Å². The van der Waals surface area contributed by atoms with Crippen LogP contribution in [0.5, 0.6) is 0 Å². The second-order valence-electron chi connectivity index (χ2n) is 2.01. The van der Waals surface area contributed by atoms with E-state index in [1.165, 1.54) is 12.2 Å². The van der Waals surface area contributed by atoms with Crippen molar-refractivity contribution >= 4 is 36.1 Å². The smallest absolute Gasteiger partial charge is 0.211 e. The first-order valence-electron chi connectivity index (χ1n) is 3.49. The average molecular weight is 273 g/mol. The van der Waals surface area contributed by atoms with Gasteiger partial charge in [0.2, 0.25) is 12.2 Å². The maximum absolute atomic E-state index is 9.58. The fourth-order valence-corrected chi connectivity index (χ4v) is 0.650. The molecule has 0 aromatic heterocycles. The van der Waals surface area contributed by atoms with E-state index in [2.05, 4.69) is 9.98 Å². The van der Waals surface area contributed by atoms with Gasteiger partial charge in [-0.3, -0.25) is 0 Å². The normalized spacial score (nSPS) is 7.33. The molecule has 0 aromatic carbocycles. The van der Waals surface area contributed by atoms with Crippen molar-refractivity contribution in [2.75, 3.05) is 13.1 Å². The Labute approximate surface area is 88.1 Å². The van der Waals surface area contributed by atoms with E-state index in [1.807, 2.05) is 0 Å². The summed E-state index contributed by atoms with van der Waals surface area (Å²) in [5.74, 6) is 0. The van der Waals surface area contributed by atoms with Gasteiger partial charge < -0.3 is 0 Å². The first-order chi connectivity index (χ1) is 5.41. The predicted octanol–water partition coefficient (Wildman–Crippen LogP) is 0.448. The molecule has 0 spiro atoms. The summed E-state index contributed by atoms with van der Waals surface area (Å²) in [6.45, 7) is 1.04. The van der Waals surface area contributed by atoms with E-state index in [1.54, 1.807) is 0 Å². The fourth-order valence-electron chi connectivity index (χ4n) is 0.650. The molecule has 0 unspecified atom stereocenters. The summed E-state index contributed by atoms with van der Waals surface area (Å²) >= 11 is 0. The standard InChI is InChI=1S/C7H10N2O2.Sn/c10-6-8-4-2-1-3-5-9-7-11;/h1-5H2;. The van der Waals surface area contributed by atoms with E-state index in [9.17, 15) is 9.59 Å². The second kappa shape index (κ2) is 13.2. The van der Waals surface area contributed by atoms with Crippen molar-refractivity contribution < 1.29 is 9.59 Å². The van der Waals surface area contributed by atoms with Crippen LogP contribution in [0.15, 0.2) is 9.98 Å². The number of carbonyl (C=O) groups excluding carboxylic acids is 2. The second-order valence-corrected chi connectivity index (χ2v) is 2.01. The van der Waals surface area contributed by atoms with Crippen LogP contribution in [0.25, 0.3) is 0 Å². The molecule has 0 aliphatic rings. The molecule has 12 heavy (non-hydrogen) atoms. The summed E-state index contributed by atoms with van der Waals surface area (Å²) in [5.41, 5.74) is 0. The molecule has 0 atom stereocenters. The number of unbranched alkanes of at least 4 members (excludes halogenated alkanes) is 2. The van der Waals surface area contributed by atoms with Gasteiger partial charge in [0.1, 0.15) is 0 Å². The summed E-state index contributed by atoms with van der Waals surface area (Å²) in [4.78, 5) is 25.9. The SMILES string of the molecule is O=C=NCCCCCN=C=O.[Sn]. The van der Waals surface area contributed by atoms with E-state index in [0.717, 1.165) is 19.3 Å². The van der Waals surface area contributed by atoms with Crippen molar-refractivity contribution in [2.24, 2.45) is 9.98 Å². The van der Waals surface area contributed by atoms with Crippen molar-refractivity contribution in [3.05, 3.63) is 0 Å². The Kier molecular flexibility index (Phi) is 15.5. The Morgan fingerprint density at radius 3 is 1.58 bits per heavy atom. The van der Waals surface area contributed by atoms with E-state index < -0.39 is 0 Å². The number of hydrogen-bond acceptors (Lipinski definition) is 4. The molecule has 0 amide bonds. The summed E-state index contributed by atoms with van der Waals surface area (Å²) in [5, 5.41) is 0. The van der Waals surface area contributed by atoms with Crippen LogP contribution in [0, 0.1) is 0 Å². The maximum Gasteiger partial charge on any atom is 0.234 e. The molecule has 0 aliphatic carbocycles. The minimum atomic E-state index is 0. The first-order valence-corrected chi connectivity index (χ1v) is 3.49. The third-order valence-corrected chi connectivity index (χ3v) is 1.17. The van der Waals surface area contributed by atoms with Gasteiger partial charge in [0.15, 0.2) is 0 Å². The molecular formula is C7H10N2O2Sn. The predicted molar refractivity (Wildman–Crippen MR) is 45.6 cm³/mol. The van der Waals surface area contributed by atoms with Gasteiger partial charge in [0.05, 0.1) is 13.1 Å². The average Bonchev–Trinajstić information content (AvgIpc) is 2.03. The van der Waals surface area contributed by atoms with Gasteiger partial charge in [0, 0.05) is 23.9 Å². The van der Waals surface area contributed by atoms with Crippen molar-refractivity contribution in [2.45, 2.75) is 19.3 Å². The van der Waals surface area contributed by atoms with Gasteiger partial charge in [-0.2, -0.15) is 0 Å². The van der Waals surface area contributed by atoms with Crippen molar-refractivity contribution in [3.8, 4) is 0 Å². The Hall–Kier alpha value is -0.441. The molecule has 0 rings (SSSR count). The van der Waals surface area contributed by atoms with Gasteiger partial charge in [-0.05, 0) is 19.3 Å². The molecule has 4 radical (unpaired) electrons. The van der Waals surface area contributed by atoms with Crippen LogP contribution < -0.4 is 0 Å². The summed E-state index contributed by atoms with van der Waals surface area (Å²) in [6, 6.07) is 0. The molecule has 64 valence electrons. The molecule has 0 saturated heterocycles. The van der Waals surface area contributed by atoms with Gasteiger partial charge in [0.25, 0.3) is 0 Å². The van der Waals surface area contributed by atoms with Crippen LogP contribution >= 0.6 is 0 Å². The van der Waals surface area contributed by atoms with E-state index >= 15 is 0 Å². The molecule has 0 heterocycles. The van der Waals surface area contributed by atoms with Gasteiger partial charge in [-0.1, -0.05) is 0 Å². The van der Waals surface area contributed by atoms with Crippen molar-refractivity contribution in [1.82, 2.24) is 0 Å². The Morgan fingerprint density at radius 2 is 1.25 bits per heavy atom. The van der Waals surface area contributed by atoms with E-state index in [4.69, 9.17) is 0 Å². The zero-order valence-electron chi connectivity index (χ0n) is 6.75. The van der Waals surface area contributed by atoms with Crippen LogP contribution in [-0.2, 0) is 9.59 Å². The third-order valence-electron chi connectivity index (χ3n) is 1.17. The number of aliphatic imine (C=N–C) groups is 2. The Morgan fingerprint density at radius 1 is 0.833 bits per heavy atom. The molecule has 5 heteroatoms. The first kappa shape index (κ1) is 14.1. The number of nitrogens with zero attached hydrogens (tertiary/aromatic N) is 2. The van der Waals surface area contributed by atoms with Crippen molar-refractivity contribution in [3.63, 3.8) is 0 Å². The van der Waals surface area contributed by atoms with Gasteiger partial charge in [-0.15, -0.1) is 0 Å². The molecule has 0 bridgehead atoms. The maximum atomic E-state index is 9.58. The molecule has 0 N–H and O–H groups in total. The summed E-state index contributed by atoms with van der Waals surface area (Å²) < 4.78 is 0. The topological polar surface area (TPSA) is 58.9 Å². The van der Waals surface area contributed by atoms with Crippen LogP contribution in [0.4, 0.5) is 0 Å². The largest absolute Gasteiger partial charge is 0.234 e.